The summed E-state index contributed by atoms with van der Waals surface area (Å²) < 4.78 is 94.6. The van der Waals surface area contributed by atoms with Crippen LogP contribution in [-0.4, -0.2) is 78.2 Å². The summed E-state index contributed by atoms with van der Waals surface area (Å²) in [7, 11) is -10.7. The molecule has 9 nitrogen and oxygen atoms in total. The summed E-state index contributed by atoms with van der Waals surface area (Å²) >= 11 is 7.56. The van der Waals surface area contributed by atoms with Crippen molar-refractivity contribution in [2.75, 3.05) is 55.2 Å². The number of amides is 1. The van der Waals surface area contributed by atoms with E-state index in [9.17, 15) is 34.8 Å². The number of alkyl halides is 3. The molecule has 0 unspecified atom stereocenters. The lowest BCUT2D eigenvalue weighted by molar-refractivity contribution is -0.0435. The number of nitrogens with zero attached hydrogens (tertiary/aromatic N) is 2. The molecule has 16 heteroatoms. The summed E-state index contributed by atoms with van der Waals surface area (Å²) in [5.74, 6) is -0.642. The number of sulfonamides is 1. The lowest BCUT2D eigenvalue weighted by Gasteiger charge is -2.39. The first-order chi connectivity index (χ1) is 26.9. The quantitative estimate of drug-likeness (QED) is 0.101. The normalized spacial score (nSPS) is 16.7. The Hall–Kier alpha value is -4.02. The number of piperazine rings is 1. The van der Waals surface area contributed by atoms with Crippen molar-refractivity contribution in [2.24, 2.45) is 5.41 Å². The number of carbonyl (C=O) groups excluding carboxylic acids is 1. The Morgan fingerprint density at radius 2 is 1.54 bits per heavy atom. The van der Waals surface area contributed by atoms with Gasteiger partial charge in [0.25, 0.3) is 25.8 Å². The zero-order valence-corrected chi connectivity index (χ0v) is 34.7. The maximum absolute atomic E-state index is 13.7. The number of halogens is 4. The van der Waals surface area contributed by atoms with Crippen molar-refractivity contribution in [3.05, 3.63) is 119 Å². The molecule has 4 aromatic carbocycles. The van der Waals surface area contributed by atoms with E-state index >= 15 is 0 Å². The number of allylic oxidation sites excluding steroid dienone is 1. The van der Waals surface area contributed by atoms with E-state index in [1.54, 1.807) is 12.1 Å². The lowest BCUT2D eigenvalue weighted by atomic mass is 9.73. The van der Waals surface area contributed by atoms with Gasteiger partial charge in [-0.3, -0.25) is 9.69 Å². The predicted molar refractivity (Wildman–Crippen MR) is 221 cm³/mol. The van der Waals surface area contributed by atoms with Gasteiger partial charge in [-0.1, -0.05) is 61.4 Å². The average molecular weight is 861 g/mol. The predicted octanol–water partition coefficient (Wildman–Crippen LogP) is 8.74. The molecule has 57 heavy (non-hydrogen) atoms. The minimum atomic E-state index is -5.97. The third-order valence-electron chi connectivity index (χ3n) is 10.2. The van der Waals surface area contributed by atoms with Crippen LogP contribution in [0.25, 0.3) is 5.57 Å². The molecule has 0 bridgehead atoms. The lowest BCUT2D eigenvalue weighted by Crippen LogP contribution is -2.47. The summed E-state index contributed by atoms with van der Waals surface area (Å²) in [4.78, 5) is 16.6. The molecule has 2 aliphatic rings. The summed E-state index contributed by atoms with van der Waals surface area (Å²) in [6.07, 6.45) is 3.16. The van der Waals surface area contributed by atoms with Gasteiger partial charge >= 0.3 is 5.51 Å². The third-order valence-corrected chi connectivity index (χ3v) is 14.3. The Morgan fingerprint density at radius 1 is 0.877 bits per heavy atom. The second-order valence-corrected chi connectivity index (χ2v) is 20.1. The molecule has 2 N–H and O–H groups in total. The number of thioether (sulfide) groups is 1. The van der Waals surface area contributed by atoms with E-state index in [1.807, 2.05) is 47.2 Å². The number of sulfone groups is 1. The van der Waals surface area contributed by atoms with Gasteiger partial charge in [0.15, 0.2) is 0 Å². The van der Waals surface area contributed by atoms with Crippen molar-refractivity contribution in [3.8, 4) is 0 Å². The van der Waals surface area contributed by atoms with Crippen molar-refractivity contribution >= 4 is 66.1 Å². The van der Waals surface area contributed by atoms with Gasteiger partial charge in [0.2, 0.25) is 0 Å². The van der Waals surface area contributed by atoms with Crippen LogP contribution in [0.5, 0.6) is 0 Å². The standard InChI is InChI=1S/C41H44ClF3N4O5S3/c1-40(2)19-18-36(29-8-12-32(42)13-9-29)31(27-40)28-48-21-23-49(24-22-48)33-14-10-30(11-15-33)39(50)47-57(53,54)35-16-17-37(38(26-35)56(51,52)41(43,44)45)46-20-25-55-34-6-4-3-5-7-34/h3-17,26,46H,18-25,27-28H2,1-2H3,(H,47,50). The van der Waals surface area contributed by atoms with E-state index in [1.165, 1.54) is 40.6 Å². The highest BCUT2D eigenvalue weighted by molar-refractivity contribution is 7.99. The molecular formula is C41H44ClF3N4O5S3. The second-order valence-electron chi connectivity index (χ2n) is 14.9. The molecular weight excluding hydrogens is 817 g/mol. The van der Waals surface area contributed by atoms with E-state index in [-0.39, 0.29) is 17.5 Å². The Morgan fingerprint density at radius 3 is 2.19 bits per heavy atom. The monoisotopic (exact) mass is 860 g/mol. The average Bonchev–Trinajstić information content (AvgIpc) is 3.17. The van der Waals surface area contributed by atoms with Crippen LogP contribution >= 0.6 is 23.4 Å². The highest BCUT2D eigenvalue weighted by Crippen LogP contribution is 2.43. The van der Waals surface area contributed by atoms with Gasteiger partial charge in [-0.05, 0) is 103 Å². The van der Waals surface area contributed by atoms with Crippen molar-refractivity contribution in [3.63, 3.8) is 0 Å². The molecule has 1 aliphatic carbocycles. The number of benzene rings is 4. The van der Waals surface area contributed by atoms with E-state index in [0.717, 1.165) is 74.7 Å². The van der Waals surface area contributed by atoms with E-state index in [4.69, 9.17) is 11.6 Å². The van der Waals surface area contributed by atoms with Crippen LogP contribution in [0.15, 0.2) is 117 Å². The largest absolute Gasteiger partial charge is 0.501 e. The van der Waals surface area contributed by atoms with Crippen molar-refractivity contribution in [1.29, 1.82) is 0 Å². The first-order valence-electron chi connectivity index (χ1n) is 18.4. The zero-order chi connectivity index (χ0) is 41.0. The minimum absolute atomic E-state index is 0.000111. The van der Waals surface area contributed by atoms with Crippen LogP contribution in [-0.2, 0) is 19.9 Å². The first kappa shape index (κ1) is 42.6. The smallest absolute Gasteiger partial charge is 0.383 e. The van der Waals surface area contributed by atoms with Gasteiger partial charge in [0.05, 0.1) is 10.6 Å². The fourth-order valence-electron chi connectivity index (χ4n) is 7.10. The van der Waals surface area contributed by atoms with Crippen LogP contribution in [0.3, 0.4) is 0 Å². The molecule has 1 saturated heterocycles. The Bertz CT molecular complexity index is 2320. The third kappa shape index (κ3) is 10.5. The van der Waals surface area contributed by atoms with Crippen molar-refractivity contribution in [2.45, 2.75) is 53.3 Å². The molecule has 0 spiro atoms. The van der Waals surface area contributed by atoms with Crippen molar-refractivity contribution < 1.29 is 34.8 Å². The van der Waals surface area contributed by atoms with Gasteiger partial charge < -0.3 is 10.2 Å². The topological polar surface area (TPSA) is 116 Å². The van der Waals surface area contributed by atoms with Gasteiger partial charge in [-0.25, -0.2) is 21.6 Å². The number of carbonyl (C=O) groups is 1. The van der Waals surface area contributed by atoms with Crippen LogP contribution in [0.1, 0.15) is 49.0 Å². The summed E-state index contributed by atoms with van der Waals surface area (Å²) in [5.41, 5.74) is -0.979. The highest BCUT2D eigenvalue weighted by Gasteiger charge is 2.48. The molecule has 0 saturated carbocycles. The minimum Gasteiger partial charge on any atom is -0.383 e. The Labute approximate surface area is 341 Å². The number of hydrogen-bond donors (Lipinski definition) is 2. The number of hydrogen-bond acceptors (Lipinski definition) is 9. The molecule has 1 fully saturated rings. The molecule has 0 radical (unpaired) electrons. The molecule has 0 atom stereocenters. The zero-order valence-electron chi connectivity index (χ0n) is 31.5. The van der Waals surface area contributed by atoms with Gasteiger partial charge in [-0.15, -0.1) is 11.8 Å². The molecule has 6 rings (SSSR count). The van der Waals surface area contributed by atoms with Gasteiger partial charge in [0, 0.05) is 66.2 Å². The van der Waals surface area contributed by atoms with Crippen molar-refractivity contribution in [1.82, 2.24) is 9.62 Å². The van der Waals surface area contributed by atoms with Gasteiger partial charge in [-0.2, -0.15) is 13.2 Å². The molecule has 4 aromatic rings. The molecule has 1 amide bonds. The van der Waals surface area contributed by atoms with Crippen LogP contribution in [0, 0.1) is 5.41 Å². The molecule has 304 valence electrons. The van der Waals surface area contributed by atoms with Gasteiger partial charge in [0.1, 0.15) is 4.90 Å². The molecule has 0 aromatic heterocycles. The van der Waals surface area contributed by atoms with Crippen LogP contribution in [0.4, 0.5) is 24.5 Å². The van der Waals surface area contributed by atoms with Crippen LogP contribution in [0.2, 0.25) is 5.02 Å². The highest BCUT2D eigenvalue weighted by atomic mass is 35.5. The fraction of sp³-hybridized carbons (Fsp3) is 0.341. The Kier molecular flexibility index (Phi) is 13.0. The molecule has 1 heterocycles. The fourth-order valence-corrected chi connectivity index (χ4v) is 10.0. The maximum Gasteiger partial charge on any atom is 0.501 e. The number of rotatable bonds is 13. The maximum atomic E-state index is 13.7. The number of anilines is 2. The first-order valence-corrected chi connectivity index (χ1v) is 22.7. The number of nitrogens with one attached hydrogen (secondary N) is 2. The summed E-state index contributed by atoms with van der Waals surface area (Å²) in [5, 5.41) is 3.39. The second kappa shape index (κ2) is 17.5. The molecule has 1 aliphatic heterocycles. The van der Waals surface area contributed by atoms with Crippen LogP contribution < -0.4 is 14.9 Å². The summed E-state index contributed by atoms with van der Waals surface area (Å²) in [6, 6.07) is 25.9. The van der Waals surface area contributed by atoms with E-state index < -0.39 is 46.8 Å². The van der Waals surface area contributed by atoms with E-state index in [2.05, 4.69) is 41.1 Å². The van der Waals surface area contributed by atoms with E-state index in [0.29, 0.717) is 16.8 Å². The SMILES string of the molecule is CC1(C)CCC(c2ccc(Cl)cc2)=C(CN2CCN(c3ccc(C(=O)NS(=O)(=O)c4ccc(NCCSc5ccccc5)c(S(=O)(=O)C(F)(F)F)c4)cc3)CC2)C1. The Balaban J connectivity index is 1.09. The summed E-state index contributed by atoms with van der Waals surface area (Å²) in [6.45, 7) is 8.72.